The van der Waals surface area contributed by atoms with Gasteiger partial charge in [-0.25, -0.2) is 0 Å². The van der Waals surface area contributed by atoms with E-state index in [4.69, 9.17) is 4.74 Å². The van der Waals surface area contributed by atoms with Gasteiger partial charge in [-0.05, 0) is 64.1 Å². The van der Waals surface area contributed by atoms with Crippen LogP contribution in [0, 0.1) is 0 Å². The second kappa shape index (κ2) is 8.50. The van der Waals surface area contributed by atoms with Gasteiger partial charge in [-0.15, -0.1) is 0 Å². The molecule has 1 heterocycles. The number of ether oxygens (including phenoxy) is 1. The topological polar surface area (TPSA) is 15.7 Å². The van der Waals surface area contributed by atoms with Crippen LogP contribution in [0.1, 0.15) is 31.4 Å². The van der Waals surface area contributed by atoms with Gasteiger partial charge in [0.15, 0.2) is 0 Å². The molecule has 1 aliphatic heterocycles. The number of rotatable bonds is 7. The van der Waals surface area contributed by atoms with Gasteiger partial charge in [-0.2, -0.15) is 0 Å². The van der Waals surface area contributed by atoms with E-state index in [9.17, 15) is 0 Å². The van der Waals surface area contributed by atoms with Crippen molar-refractivity contribution < 1.29 is 4.74 Å². The summed E-state index contributed by atoms with van der Waals surface area (Å²) in [6, 6.07) is 17.8. The zero-order chi connectivity index (χ0) is 17.6. The van der Waals surface area contributed by atoms with Crippen molar-refractivity contribution in [1.82, 2.24) is 9.80 Å². The van der Waals surface area contributed by atoms with Gasteiger partial charge in [0.1, 0.15) is 12.4 Å². The van der Waals surface area contributed by atoms with Crippen LogP contribution in [0.4, 0.5) is 0 Å². The van der Waals surface area contributed by atoms with Crippen LogP contribution in [0.2, 0.25) is 0 Å². The number of hydrogen-bond acceptors (Lipinski definition) is 3. The summed E-state index contributed by atoms with van der Waals surface area (Å²) in [7, 11) is 4.13. The SMILES string of the molecule is C[C@H](c1ccc(-c2ccccc2OCCN(C)C)cc1)N1CCCC1. The monoisotopic (exact) mass is 338 g/mol. The van der Waals surface area contributed by atoms with Gasteiger partial charge in [0.25, 0.3) is 0 Å². The number of para-hydroxylation sites is 1. The van der Waals surface area contributed by atoms with Crippen LogP contribution in [0.15, 0.2) is 48.5 Å². The minimum Gasteiger partial charge on any atom is -0.492 e. The average Bonchev–Trinajstić information content (AvgIpc) is 3.16. The predicted molar refractivity (Wildman–Crippen MR) is 105 cm³/mol. The summed E-state index contributed by atoms with van der Waals surface area (Å²) in [4.78, 5) is 4.71. The standard InChI is InChI=1S/C22H30N2O/c1-18(24-14-6-7-15-24)19-10-12-20(13-11-19)21-8-4-5-9-22(21)25-17-16-23(2)3/h4-5,8-13,18H,6-7,14-17H2,1-3H3/t18-/m1/s1. The molecule has 1 fully saturated rings. The quantitative estimate of drug-likeness (QED) is 0.742. The van der Waals surface area contributed by atoms with Gasteiger partial charge < -0.3 is 9.64 Å². The summed E-state index contributed by atoms with van der Waals surface area (Å²) in [6.07, 6.45) is 2.67. The molecule has 1 aliphatic rings. The Morgan fingerprint density at radius 1 is 1.00 bits per heavy atom. The molecule has 0 amide bonds. The van der Waals surface area contributed by atoms with Crippen molar-refractivity contribution in [1.29, 1.82) is 0 Å². The van der Waals surface area contributed by atoms with E-state index in [-0.39, 0.29) is 0 Å². The molecule has 1 saturated heterocycles. The van der Waals surface area contributed by atoms with Crippen LogP contribution in [0.25, 0.3) is 11.1 Å². The molecule has 3 rings (SSSR count). The minimum absolute atomic E-state index is 0.503. The number of likely N-dealkylation sites (N-methyl/N-ethyl adjacent to an activating group) is 1. The van der Waals surface area contributed by atoms with Crippen molar-refractivity contribution >= 4 is 0 Å². The lowest BCUT2D eigenvalue weighted by Gasteiger charge is -2.24. The van der Waals surface area contributed by atoms with Crippen molar-refractivity contribution in [3.05, 3.63) is 54.1 Å². The maximum atomic E-state index is 6.01. The van der Waals surface area contributed by atoms with Gasteiger partial charge in [0.2, 0.25) is 0 Å². The van der Waals surface area contributed by atoms with Gasteiger partial charge in [0.05, 0.1) is 0 Å². The summed E-state index contributed by atoms with van der Waals surface area (Å²) in [5.74, 6) is 0.963. The summed E-state index contributed by atoms with van der Waals surface area (Å²) in [6.45, 7) is 6.39. The van der Waals surface area contributed by atoms with Crippen molar-refractivity contribution in [3.63, 3.8) is 0 Å². The highest BCUT2D eigenvalue weighted by molar-refractivity contribution is 5.70. The highest BCUT2D eigenvalue weighted by atomic mass is 16.5. The van der Waals surface area contributed by atoms with Gasteiger partial charge in [0, 0.05) is 18.2 Å². The molecule has 134 valence electrons. The van der Waals surface area contributed by atoms with E-state index in [0.29, 0.717) is 12.6 Å². The third-order valence-corrected chi connectivity index (χ3v) is 5.08. The molecule has 0 bridgehead atoms. The van der Waals surface area contributed by atoms with Crippen molar-refractivity contribution in [2.45, 2.75) is 25.8 Å². The molecule has 3 nitrogen and oxygen atoms in total. The van der Waals surface area contributed by atoms with Gasteiger partial charge in [-0.3, -0.25) is 4.90 Å². The number of likely N-dealkylation sites (tertiary alicyclic amines) is 1. The van der Waals surface area contributed by atoms with Crippen LogP contribution in [-0.4, -0.2) is 50.1 Å². The molecule has 2 aromatic carbocycles. The normalized spacial score (nSPS) is 16.3. The van der Waals surface area contributed by atoms with Gasteiger partial charge >= 0.3 is 0 Å². The molecular weight excluding hydrogens is 308 g/mol. The maximum absolute atomic E-state index is 6.01. The maximum Gasteiger partial charge on any atom is 0.127 e. The third kappa shape index (κ3) is 4.62. The lowest BCUT2D eigenvalue weighted by atomic mass is 10.00. The Morgan fingerprint density at radius 3 is 2.36 bits per heavy atom. The van der Waals surface area contributed by atoms with Crippen LogP contribution in [0.5, 0.6) is 5.75 Å². The van der Waals surface area contributed by atoms with E-state index in [1.807, 2.05) is 6.07 Å². The number of hydrogen-bond donors (Lipinski definition) is 0. The smallest absolute Gasteiger partial charge is 0.127 e. The van der Waals surface area contributed by atoms with Crippen LogP contribution < -0.4 is 4.74 Å². The molecule has 0 radical (unpaired) electrons. The third-order valence-electron chi connectivity index (χ3n) is 5.08. The lowest BCUT2D eigenvalue weighted by Crippen LogP contribution is -2.23. The molecule has 3 heteroatoms. The molecule has 25 heavy (non-hydrogen) atoms. The van der Waals surface area contributed by atoms with E-state index < -0.39 is 0 Å². The Morgan fingerprint density at radius 2 is 1.68 bits per heavy atom. The van der Waals surface area contributed by atoms with E-state index >= 15 is 0 Å². The molecular formula is C22H30N2O. The average molecular weight is 338 g/mol. The molecule has 0 spiro atoms. The summed E-state index contributed by atoms with van der Waals surface area (Å²) < 4.78 is 6.01. The van der Waals surface area contributed by atoms with Crippen LogP contribution in [-0.2, 0) is 0 Å². The highest BCUT2D eigenvalue weighted by Gasteiger charge is 2.19. The fraction of sp³-hybridized carbons (Fsp3) is 0.455. The largest absolute Gasteiger partial charge is 0.492 e. The molecule has 0 saturated carbocycles. The first-order valence-electron chi connectivity index (χ1n) is 9.36. The zero-order valence-corrected chi connectivity index (χ0v) is 15.7. The molecule has 0 aromatic heterocycles. The summed E-state index contributed by atoms with van der Waals surface area (Å²) >= 11 is 0. The first-order valence-corrected chi connectivity index (χ1v) is 9.36. The summed E-state index contributed by atoms with van der Waals surface area (Å²) in [5.41, 5.74) is 3.79. The van der Waals surface area contributed by atoms with E-state index in [0.717, 1.165) is 12.3 Å². The molecule has 0 aliphatic carbocycles. The minimum atomic E-state index is 0.503. The Bertz CT molecular complexity index is 660. The fourth-order valence-electron chi connectivity index (χ4n) is 3.45. The number of benzene rings is 2. The lowest BCUT2D eigenvalue weighted by molar-refractivity contribution is 0.262. The van der Waals surface area contributed by atoms with Crippen LogP contribution >= 0.6 is 0 Å². The van der Waals surface area contributed by atoms with Gasteiger partial charge in [-0.1, -0.05) is 42.5 Å². The predicted octanol–water partition coefficient (Wildman–Crippen LogP) is 4.45. The van der Waals surface area contributed by atoms with Crippen molar-refractivity contribution in [2.24, 2.45) is 0 Å². The van der Waals surface area contributed by atoms with Crippen molar-refractivity contribution in [3.8, 4) is 16.9 Å². The fourth-order valence-corrected chi connectivity index (χ4v) is 3.45. The summed E-state index contributed by atoms with van der Waals surface area (Å²) in [5, 5.41) is 0. The zero-order valence-electron chi connectivity index (χ0n) is 15.7. The van der Waals surface area contributed by atoms with Crippen LogP contribution in [0.3, 0.4) is 0 Å². The van der Waals surface area contributed by atoms with E-state index in [2.05, 4.69) is 73.3 Å². The van der Waals surface area contributed by atoms with E-state index in [1.165, 1.54) is 42.6 Å². The second-order valence-electron chi connectivity index (χ2n) is 7.19. The number of nitrogens with zero attached hydrogens (tertiary/aromatic N) is 2. The molecule has 0 N–H and O–H groups in total. The van der Waals surface area contributed by atoms with E-state index in [1.54, 1.807) is 0 Å². The Hall–Kier alpha value is -1.84. The Labute approximate surface area is 152 Å². The molecule has 1 atom stereocenters. The molecule has 2 aromatic rings. The molecule has 0 unspecified atom stereocenters. The van der Waals surface area contributed by atoms with Crippen molar-refractivity contribution in [2.75, 3.05) is 40.3 Å². The first-order chi connectivity index (χ1) is 12.1. The Kier molecular flexibility index (Phi) is 6.11. The second-order valence-corrected chi connectivity index (χ2v) is 7.19. The Balaban J connectivity index is 1.73. The first kappa shape index (κ1) is 18.0. The highest BCUT2D eigenvalue weighted by Crippen LogP contribution is 2.32.